The molecule has 0 aliphatic rings. The molecule has 0 aliphatic heterocycles. The normalized spacial score (nSPS) is 10.5. The molecule has 0 saturated heterocycles. The molecule has 3 N–H and O–H groups in total. The van der Waals surface area contributed by atoms with Gasteiger partial charge in [-0.15, -0.1) is 21.5 Å². The maximum absolute atomic E-state index is 11.7. The quantitative estimate of drug-likeness (QED) is 0.325. The van der Waals surface area contributed by atoms with Crippen molar-refractivity contribution in [2.75, 3.05) is 12.4 Å². The van der Waals surface area contributed by atoms with Crippen LogP contribution in [0.4, 0.5) is 16.3 Å². The molecule has 0 aliphatic carbocycles. The van der Waals surface area contributed by atoms with Gasteiger partial charge in [-0.3, -0.25) is 5.32 Å². The van der Waals surface area contributed by atoms with Crippen LogP contribution >= 0.6 is 34.5 Å². The number of amides is 2. The van der Waals surface area contributed by atoms with E-state index in [1.165, 1.54) is 24.7 Å². The smallest absolute Gasteiger partial charge is 0.320 e. The molecule has 0 bridgehead atoms. The van der Waals surface area contributed by atoms with Crippen LogP contribution in [0.5, 0.6) is 0 Å². The number of carbonyl (C=O) groups is 1. The summed E-state index contributed by atoms with van der Waals surface area (Å²) in [6, 6.07) is 8.20. The molecule has 4 rings (SSSR count). The van der Waals surface area contributed by atoms with Gasteiger partial charge in [-0.1, -0.05) is 29.3 Å². The van der Waals surface area contributed by atoms with Gasteiger partial charge in [0.05, 0.1) is 11.4 Å². The Morgan fingerprint density at radius 2 is 2.06 bits per heavy atom. The molecule has 31 heavy (non-hydrogen) atoms. The monoisotopic (exact) mass is 469 g/mol. The Balaban J connectivity index is 1.94. The summed E-state index contributed by atoms with van der Waals surface area (Å²) in [6.45, 7) is 7.89. The summed E-state index contributed by atoms with van der Waals surface area (Å²) < 4.78 is 0. The van der Waals surface area contributed by atoms with Crippen LogP contribution in [0.15, 0.2) is 42.9 Å². The van der Waals surface area contributed by atoms with E-state index in [1.54, 1.807) is 36.5 Å². The number of urea groups is 1. The summed E-state index contributed by atoms with van der Waals surface area (Å²) in [4.78, 5) is 24.0. The van der Waals surface area contributed by atoms with Crippen LogP contribution in [-0.2, 0) is 0 Å². The van der Waals surface area contributed by atoms with Crippen LogP contribution < -0.4 is 10.6 Å². The van der Waals surface area contributed by atoms with Crippen molar-refractivity contribution in [3.05, 3.63) is 64.3 Å². The number of nitrogens with one attached hydrogen (secondary N) is 3. The van der Waals surface area contributed by atoms with Crippen LogP contribution in [0.25, 0.3) is 37.1 Å². The van der Waals surface area contributed by atoms with E-state index >= 15 is 0 Å². The fourth-order valence-corrected chi connectivity index (χ4v) is 4.67. The first-order valence-corrected chi connectivity index (χ1v) is 10.4. The number of nitrogens with zero attached hydrogens (tertiary/aromatic N) is 4. The van der Waals surface area contributed by atoms with E-state index in [0.717, 1.165) is 5.56 Å². The van der Waals surface area contributed by atoms with E-state index < -0.39 is 6.03 Å². The average molecular weight is 470 g/mol. The van der Waals surface area contributed by atoms with E-state index in [4.69, 9.17) is 29.8 Å². The molecule has 0 unspecified atom stereocenters. The lowest BCUT2D eigenvalue weighted by molar-refractivity contribution is 0.254. The van der Waals surface area contributed by atoms with Gasteiger partial charge in [-0.25, -0.2) is 14.6 Å². The molecule has 3 heterocycles. The highest BCUT2D eigenvalue weighted by atomic mass is 35.5. The Hall–Kier alpha value is -3.45. The third kappa shape index (κ3) is 4.09. The number of H-pyrrole nitrogens is 1. The Bertz CT molecular complexity index is 1310. The van der Waals surface area contributed by atoms with Crippen molar-refractivity contribution in [2.24, 2.45) is 0 Å². The Labute approximate surface area is 191 Å². The zero-order valence-corrected chi connectivity index (χ0v) is 18.2. The fourth-order valence-electron chi connectivity index (χ4n) is 2.97. The fraction of sp³-hybridized carbons (Fsp3) is 0.0500. The number of aromatic nitrogens is 4. The molecule has 0 fully saturated rings. The van der Waals surface area contributed by atoms with Gasteiger partial charge in [0.25, 0.3) is 0 Å². The van der Waals surface area contributed by atoms with Crippen LogP contribution in [0.1, 0.15) is 0 Å². The van der Waals surface area contributed by atoms with Crippen LogP contribution in [-0.4, -0.2) is 33.2 Å². The lowest BCUT2D eigenvalue weighted by atomic mass is 10.0. The van der Waals surface area contributed by atoms with Gasteiger partial charge >= 0.3 is 6.03 Å². The molecule has 154 valence electrons. The second-order valence-corrected chi connectivity index (χ2v) is 8.06. The molecule has 0 radical (unpaired) electrons. The lowest BCUT2D eigenvalue weighted by Crippen LogP contribution is -2.24. The predicted octanol–water partition coefficient (Wildman–Crippen LogP) is 5.87. The number of hydrogen-bond acceptors (Lipinski definition) is 5. The van der Waals surface area contributed by atoms with Crippen molar-refractivity contribution in [3.8, 4) is 32.3 Å². The molecule has 1 aromatic carbocycles. The van der Waals surface area contributed by atoms with Crippen molar-refractivity contribution in [3.63, 3.8) is 0 Å². The first-order chi connectivity index (χ1) is 15.0. The number of benzene rings is 1. The minimum absolute atomic E-state index is 0.355. The Morgan fingerprint density at radius 3 is 2.74 bits per heavy atom. The molecule has 0 saturated carbocycles. The summed E-state index contributed by atoms with van der Waals surface area (Å²) >= 11 is 13.9. The highest BCUT2D eigenvalue weighted by molar-refractivity contribution is 7.20. The molecule has 3 aromatic heterocycles. The topological polar surface area (TPSA) is 100.0 Å². The van der Waals surface area contributed by atoms with E-state index in [2.05, 4.69) is 35.6 Å². The highest BCUT2D eigenvalue weighted by Crippen LogP contribution is 2.53. The van der Waals surface area contributed by atoms with Crippen molar-refractivity contribution in [2.45, 2.75) is 0 Å². The maximum atomic E-state index is 11.7. The third-order valence-electron chi connectivity index (χ3n) is 4.32. The van der Waals surface area contributed by atoms with Crippen molar-refractivity contribution >= 4 is 52.1 Å². The maximum Gasteiger partial charge on any atom is 0.320 e. The summed E-state index contributed by atoms with van der Waals surface area (Å²) in [5.41, 5.74) is 2.40. The number of pyridine rings is 1. The second kappa shape index (κ2) is 8.73. The summed E-state index contributed by atoms with van der Waals surface area (Å²) in [7, 11) is 1.52. The zero-order chi connectivity index (χ0) is 22.0. The number of rotatable bonds is 4. The van der Waals surface area contributed by atoms with E-state index in [9.17, 15) is 4.79 Å². The van der Waals surface area contributed by atoms with Gasteiger partial charge in [0.1, 0.15) is 12.1 Å². The first-order valence-electron chi connectivity index (χ1n) is 8.83. The largest absolute Gasteiger partial charge is 0.341 e. The van der Waals surface area contributed by atoms with Crippen molar-refractivity contribution < 1.29 is 4.79 Å². The average Bonchev–Trinajstić information content (AvgIpc) is 3.41. The van der Waals surface area contributed by atoms with Crippen LogP contribution in [0.3, 0.4) is 0 Å². The molecule has 8 nitrogen and oxygen atoms in total. The lowest BCUT2D eigenvalue weighted by Gasteiger charge is -2.07. The van der Waals surface area contributed by atoms with Crippen LogP contribution in [0, 0.1) is 6.57 Å². The second-order valence-electron chi connectivity index (χ2n) is 6.19. The van der Waals surface area contributed by atoms with Gasteiger partial charge < -0.3 is 10.3 Å². The van der Waals surface area contributed by atoms with Crippen molar-refractivity contribution in [1.29, 1.82) is 0 Å². The van der Waals surface area contributed by atoms with Gasteiger partial charge in [-0.2, -0.15) is 0 Å². The molecule has 0 atom stereocenters. The van der Waals surface area contributed by atoms with Gasteiger partial charge in [0, 0.05) is 33.7 Å². The van der Waals surface area contributed by atoms with E-state index in [0.29, 0.717) is 48.3 Å². The number of thiophene rings is 1. The zero-order valence-electron chi connectivity index (χ0n) is 15.9. The Kier molecular flexibility index (Phi) is 5.86. The van der Waals surface area contributed by atoms with Gasteiger partial charge in [0.2, 0.25) is 5.69 Å². The van der Waals surface area contributed by atoms with Crippen LogP contribution in [0.2, 0.25) is 10.0 Å². The molecule has 11 heteroatoms. The molecule has 2 amide bonds. The highest BCUT2D eigenvalue weighted by Gasteiger charge is 2.25. The molecule has 0 spiro atoms. The Morgan fingerprint density at radius 1 is 1.23 bits per heavy atom. The third-order valence-corrected chi connectivity index (χ3v) is 6.10. The van der Waals surface area contributed by atoms with E-state index in [1.807, 2.05) is 0 Å². The summed E-state index contributed by atoms with van der Waals surface area (Å²) in [5, 5.41) is 14.0. The molecular formula is C20H13Cl2N7OS. The molecular weight excluding hydrogens is 457 g/mol. The summed E-state index contributed by atoms with van der Waals surface area (Å²) in [6.07, 6.45) is 3.04. The minimum atomic E-state index is -0.391. The van der Waals surface area contributed by atoms with Gasteiger partial charge in [-0.05, 0) is 35.4 Å². The number of anilines is 1. The number of halogens is 2. The molecule has 4 aromatic rings. The van der Waals surface area contributed by atoms with Crippen molar-refractivity contribution in [1.82, 2.24) is 25.5 Å². The number of hydrogen-bond donors (Lipinski definition) is 3. The minimum Gasteiger partial charge on any atom is -0.341 e. The van der Waals surface area contributed by atoms with E-state index in [-0.39, 0.29) is 0 Å². The van der Waals surface area contributed by atoms with Gasteiger partial charge in [0.15, 0.2) is 5.82 Å². The first kappa shape index (κ1) is 20.8. The predicted molar refractivity (Wildman–Crippen MR) is 123 cm³/mol. The standard InChI is InChI=1S/C20H13Cl2N7OS/c1-23-16-15(12-4-3-11(21)8-13(12)22)18(19-26-9-27-29-19)31-17(16)10-5-6-25-14(7-10)28-20(30)24-2/h3-9H,2H3,(H,26,27,29)(H2,24,25,28,30). The number of carbonyl (C=O) groups excluding carboxylic acids is 1. The number of aromatic amines is 1. The summed E-state index contributed by atoms with van der Waals surface area (Å²) in [5.74, 6) is 0.869. The SMILES string of the molecule is [C-]#[N+]c1c(-c2ccnc(NC(=O)NC)c2)sc(-c2nnc[nH]2)c1-c1ccc(Cl)cc1Cl.